The van der Waals surface area contributed by atoms with Gasteiger partial charge in [-0.3, -0.25) is 0 Å². The van der Waals surface area contributed by atoms with Crippen LogP contribution in [-0.2, 0) is 4.74 Å². The summed E-state index contributed by atoms with van der Waals surface area (Å²) in [6.45, 7) is 4.44. The van der Waals surface area contributed by atoms with Gasteiger partial charge in [-0.2, -0.15) is 5.10 Å². The van der Waals surface area contributed by atoms with E-state index in [0.29, 0.717) is 26.3 Å². The van der Waals surface area contributed by atoms with Gasteiger partial charge in [-0.25, -0.2) is 9.48 Å². The molecule has 6 nitrogen and oxygen atoms in total. The van der Waals surface area contributed by atoms with Gasteiger partial charge in [0.05, 0.1) is 18.9 Å². The van der Waals surface area contributed by atoms with Gasteiger partial charge in [0.15, 0.2) is 0 Å². The van der Waals surface area contributed by atoms with Crippen molar-refractivity contribution in [1.29, 1.82) is 0 Å². The first-order chi connectivity index (χ1) is 10.2. The molecule has 6 heteroatoms. The minimum atomic E-state index is -0.0902. The number of carbonyl (C=O) groups excluding carboxylic acids is 1. The lowest BCUT2D eigenvalue weighted by molar-refractivity contribution is 0.0564. The largest absolute Gasteiger partial charge is 0.378 e. The average Bonchev–Trinajstić information content (AvgIpc) is 2.94. The van der Waals surface area contributed by atoms with Crippen LogP contribution >= 0.6 is 0 Å². The molecule has 1 fully saturated rings. The second kappa shape index (κ2) is 5.97. The zero-order chi connectivity index (χ0) is 14.7. The molecule has 1 aliphatic rings. The van der Waals surface area contributed by atoms with Gasteiger partial charge in [0.25, 0.3) is 0 Å². The van der Waals surface area contributed by atoms with Crippen LogP contribution in [0.3, 0.4) is 0 Å². The van der Waals surface area contributed by atoms with Gasteiger partial charge in [0, 0.05) is 30.7 Å². The lowest BCUT2D eigenvalue weighted by Crippen LogP contribution is -2.43. The number of rotatable bonds is 2. The molecule has 1 aromatic heterocycles. The Kier molecular flexibility index (Phi) is 3.87. The van der Waals surface area contributed by atoms with Crippen LogP contribution in [0.15, 0.2) is 36.5 Å². The van der Waals surface area contributed by atoms with Crippen LogP contribution in [0.25, 0.3) is 5.69 Å². The molecule has 3 rings (SSSR count). The SMILES string of the molecule is Cc1ccnn1-c1cccc(NC(=O)N2CCOCC2)c1. The number of morpholine rings is 1. The Morgan fingerprint density at radius 3 is 2.81 bits per heavy atom. The van der Waals surface area contributed by atoms with Gasteiger partial charge in [0.1, 0.15) is 0 Å². The minimum absolute atomic E-state index is 0.0902. The molecule has 1 N–H and O–H groups in total. The number of benzene rings is 1. The van der Waals surface area contributed by atoms with Gasteiger partial charge in [-0.1, -0.05) is 6.07 Å². The van der Waals surface area contributed by atoms with E-state index < -0.39 is 0 Å². The maximum atomic E-state index is 12.2. The summed E-state index contributed by atoms with van der Waals surface area (Å²) in [6, 6.07) is 9.51. The van der Waals surface area contributed by atoms with E-state index in [0.717, 1.165) is 17.1 Å². The van der Waals surface area contributed by atoms with E-state index in [9.17, 15) is 4.79 Å². The zero-order valence-corrected chi connectivity index (χ0v) is 12.0. The quantitative estimate of drug-likeness (QED) is 0.919. The van der Waals surface area contributed by atoms with Crippen molar-refractivity contribution in [2.24, 2.45) is 0 Å². The van der Waals surface area contributed by atoms with E-state index in [-0.39, 0.29) is 6.03 Å². The Labute approximate surface area is 123 Å². The van der Waals surface area contributed by atoms with Crippen molar-refractivity contribution in [3.63, 3.8) is 0 Å². The average molecular weight is 286 g/mol. The predicted octanol–water partition coefficient (Wildman–Crippen LogP) is 2.04. The predicted molar refractivity (Wildman–Crippen MR) is 79.7 cm³/mol. The first kappa shape index (κ1) is 13.6. The van der Waals surface area contributed by atoms with Crippen LogP contribution in [0.5, 0.6) is 0 Å². The molecule has 1 aliphatic heterocycles. The van der Waals surface area contributed by atoms with Crippen molar-refractivity contribution < 1.29 is 9.53 Å². The summed E-state index contributed by atoms with van der Waals surface area (Å²) in [5, 5.41) is 7.20. The molecule has 0 bridgehead atoms. The Bertz CT molecular complexity index is 632. The van der Waals surface area contributed by atoms with Crippen LogP contribution in [0.1, 0.15) is 5.69 Å². The molecule has 2 aromatic rings. The van der Waals surface area contributed by atoms with E-state index in [4.69, 9.17) is 4.74 Å². The van der Waals surface area contributed by atoms with Crippen LogP contribution in [-0.4, -0.2) is 47.0 Å². The van der Waals surface area contributed by atoms with Crippen molar-refractivity contribution in [1.82, 2.24) is 14.7 Å². The number of urea groups is 1. The smallest absolute Gasteiger partial charge is 0.322 e. The van der Waals surface area contributed by atoms with Crippen LogP contribution in [0, 0.1) is 6.92 Å². The van der Waals surface area contributed by atoms with Gasteiger partial charge < -0.3 is 15.0 Å². The fourth-order valence-corrected chi connectivity index (χ4v) is 2.32. The summed E-state index contributed by atoms with van der Waals surface area (Å²) < 4.78 is 7.09. The maximum absolute atomic E-state index is 12.2. The molecular weight excluding hydrogens is 268 g/mol. The molecule has 110 valence electrons. The lowest BCUT2D eigenvalue weighted by Gasteiger charge is -2.27. The van der Waals surface area contributed by atoms with Crippen molar-refractivity contribution in [3.8, 4) is 5.69 Å². The summed E-state index contributed by atoms with van der Waals surface area (Å²) in [6.07, 6.45) is 1.76. The van der Waals surface area contributed by atoms with Crippen molar-refractivity contribution in [2.75, 3.05) is 31.6 Å². The Morgan fingerprint density at radius 2 is 2.10 bits per heavy atom. The van der Waals surface area contributed by atoms with Gasteiger partial charge in [0.2, 0.25) is 0 Å². The molecule has 0 saturated carbocycles. The molecule has 0 aliphatic carbocycles. The molecule has 0 radical (unpaired) electrons. The van der Waals surface area contributed by atoms with Crippen LogP contribution in [0.4, 0.5) is 10.5 Å². The molecule has 1 saturated heterocycles. The normalized spacial score (nSPS) is 15.0. The third kappa shape index (κ3) is 3.05. The fraction of sp³-hybridized carbons (Fsp3) is 0.333. The zero-order valence-electron chi connectivity index (χ0n) is 12.0. The Balaban J connectivity index is 1.74. The summed E-state index contributed by atoms with van der Waals surface area (Å²) in [7, 11) is 0. The first-order valence-corrected chi connectivity index (χ1v) is 6.99. The van der Waals surface area contributed by atoms with E-state index >= 15 is 0 Å². The fourth-order valence-electron chi connectivity index (χ4n) is 2.32. The van der Waals surface area contributed by atoms with Crippen molar-refractivity contribution >= 4 is 11.7 Å². The molecule has 2 heterocycles. The molecule has 0 spiro atoms. The van der Waals surface area contributed by atoms with Gasteiger partial charge in [-0.15, -0.1) is 0 Å². The molecule has 1 aromatic carbocycles. The van der Waals surface area contributed by atoms with E-state index in [1.807, 2.05) is 41.9 Å². The van der Waals surface area contributed by atoms with Gasteiger partial charge in [-0.05, 0) is 31.2 Å². The Hall–Kier alpha value is -2.34. The second-order valence-corrected chi connectivity index (χ2v) is 4.96. The number of aromatic nitrogens is 2. The molecular formula is C15H18N4O2. The number of amides is 2. The summed E-state index contributed by atoms with van der Waals surface area (Å²) in [4.78, 5) is 13.9. The minimum Gasteiger partial charge on any atom is -0.378 e. The number of anilines is 1. The first-order valence-electron chi connectivity index (χ1n) is 6.99. The highest BCUT2D eigenvalue weighted by molar-refractivity contribution is 5.89. The van der Waals surface area contributed by atoms with Crippen molar-refractivity contribution in [3.05, 3.63) is 42.2 Å². The third-order valence-electron chi connectivity index (χ3n) is 3.47. The number of nitrogens with one attached hydrogen (secondary N) is 1. The van der Waals surface area contributed by atoms with Gasteiger partial charge >= 0.3 is 6.03 Å². The van der Waals surface area contributed by atoms with Crippen LogP contribution < -0.4 is 5.32 Å². The molecule has 0 atom stereocenters. The number of aryl methyl sites for hydroxylation is 1. The standard InChI is InChI=1S/C15H18N4O2/c1-12-5-6-16-19(12)14-4-2-3-13(11-14)17-15(20)18-7-9-21-10-8-18/h2-6,11H,7-10H2,1H3,(H,17,20). The number of hydrogen-bond acceptors (Lipinski definition) is 3. The summed E-state index contributed by atoms with van der Waals surface area (Å²) in [5.74, 6) is 0. The number of nitrogens with zero attached hydrogens (tertiary/aromatic N) is 3. The van der Waals surface area contributed by atoms with Crippen LogP contribution in [0.2, 0.25) is 0 Å². The highest BCUT2D eigenvalue weighted by atomic mass is 16.5. The van der Waals surface area contributed by atoms with E-state index in [1.165, 1.54) is 0 Å². The third-order valence-corrected chi connectivity index (χ3v) is 3.47. The monoisotopic (exact) mass is 286 g/mol. The lowest BCUT2D eigenvalue weighted by atomic mass is 10.2. The second-order valence-electron chi connectivity index (χ2n) is 4.96. The highest BCUT2D eigenvalue weighted by Gasteiger charge is 2.16. The number of carbonyl (C=O) groups is 1. The summed E-state index contributed by atoms with van der Waals surface area (Å²) in [5.41, 5.74) is 2.74. The highest BCUT2D eigenvalue weighted by Crippen LogP contribution is 2.16. The van der Waals surface area contributed by atoms with E-state index in [1.54, 1.807) is 11.1 Å². The molecule has 0 unspecified atom stereocenters. The number of hydrogen-bond donors (Lipinski definition) is 1. The Morgan fingerprint density at radius 1 is 1.29 bits per heavy atom. The maximum Gasteiger partial charge on any atom is 0.322 e. The topological polar surface area (TPSA) is 59.4 Å². The molecule has 2 amide bonds. The van der Waals surface area contributed by atoms with E-state index in [2.05, 4.69) is 10.4 Å². The molecule has 21 heavy (non-hydrogen) atoms. The number of ether oxygens (including phenoxy) is 1. The van der Waals surface area contributed by atoms with Crippen molar-refractivity contribution in [2.45, 2.75) is 6.92 Å². The summed E-state index contributed by atoms with van der Waals surface area (Å²) >= 11 is 0.